The van der Waals surface area contributed by atoms with Crippen molar-refractivity contribution in [2.24, 2.45) is 10.8 Å². The summed E-state index contributed by atoms with van der Waals surface area (Å²) >= 11 is 4.24. The molecule has 132 valence electrons. The van der Waals surface area contributed by atoms with Gasteiger partial charge >= 0.3 is 0 Å². The van der Waals surface area contributed by atoms with Crippen molar-refractivity contribution in [1.82, 2.24) is 0 Å². The molecule has 0 unspecified atom stereocenters. The summed E-state index contributed by atoms with van der Waals surface area (Å²) in [4.78, 5) is 4.42. The Bertz CT molecular complexity index is 575. The van der Waals surface area contributed by atoms with Crippen molar-refractivity contribution < 1.29 is 10.1 Å². The maximum atomic E-state index is 8.85. The van der Waals surface area contributed by atoms with E-state index in [0.717, 1.165) is 12.0 Å². The predicted molar refractivity (Wildman–Crippen MR) is 116 cm³/mol. The van der Waals surface area contributed by atoms with E-state index in [4.69, 9.17) is 5.26 Å². The highest BCUT2D eigenvalue weighted by atomic mass is 128. The zero-order valence-electron chi connectivity index (χ0n) is 15.6. The van der Waals surface area contributed by atoms with Crippen molar-refractivity contribution in [2.75, 3.05) is 0 Å². The van der Waals surface area contributed by atoms with E-state index in [1.54, 1.807) is 0 Å². The number of rotatable bonds is 2. The van der Waals surface area contributed by atoms with Gasteiger partial charge in [0.25, 0.3) is 0 Å². The van der Waals surface area contributed by atoms with Crippen LogP contribution >= 0.6 is 37.2 Å². The van der Waals surface area contributed by atoms with Gasteiger partial charge in [-0.05, 0) is 64.3 Å². The van der Waals surface area contributed by atoms with Gasteiger partial charge in [-0.15, -0.1) is 0 Å². The molecule has 0 saturated carbocycles. The van der Waals surface area contributed by atoms with Crippen molar-refractivity contribution in [3.8, 4) is 0 Å². The Hall–Kier alpha value is 0.600. The molecule has 1 aromatic rings. The summed E-state index contributed by atoms with van der Waals surface area (Å²) in [5.41, 5.74) is 7.14. The average molecular weight is 544 g/mol. The van der Waals surface area contributed by atoms with E-state index in [0.29, 0.717) is 0 Å². The standard InChI is InChI=1S/C19H30O2.I2/c1-12-9-14(11-21-20)13(2)16-15(12)10-17(3,4)19(7,8)18(16,5)6;1-2/h9,20H,10-11H2,1-8H3;. The Morgan fingerprint density at radius 2 is 1.61 bits per heavy atom. The third-order valence-corrected chi connectivity index (χ3v) is 6.74. The lowest BCUT2D eigenvalue weighted by atomic mass is 9.46. The molecule has 1 aliphatic rings. The molecule has 2 rings (SSSR count). The molecular formula is C19H30I2O2. The van der Waals surface area contributed by atoms with Gasteiger partial charge in [-0.1, -0.05) is 47.6 Å². The van der Waals surface area contributed by atoms with Crippen LogP contribution in [0.1, 0.15) is 69.4 Å². The molecule has 4 heteroatoms. The third kappa shape index (κ3) is 3.47. The number of fused-ring (bicyclic) bond motifs is 1. The zero-order chi connectivity index (χ0) is 18.2. The van der Waals surface area contributed by atoms with Crippen LogP contribution in [0, 0.1) is 24.7 Å². The van der Waals surface area contributed by atoms with Crippen molar-refractivity contribution in [3.05, 3.63) is 33.9 Å². The lowest BCUT2D eigenvalue weighted by molar-refractivity contribution is -0.253. The van der Waals surface area contributed by atoms with Gasteiger partial charge < -0.3 is 0 Å². The Labute approximate surface area is 165 Å². The first kappa shape index (κ1) is 21.6. The lowest BCUT2D eigenvalue weighted by Crippen LogP contribution is -2.52. The molecule has 2 nitrogen and oxygen atoms in total. The van der Waals surface area contributed by atoms with Crippen molar-refractivity contribution >= 4 is 37.2 Å². The van der Waals surface area contributed by atoms with Crippen LogP contribution in [-0.4, -0.2) is 5.26 Å². The molecule has 1 aromatic carbocycles. The number of benzene rings is 1. The van der Waals surface area contributed by atoms with Crippen molar-refractivity contribution in [1.29, 1.82) is 0 Å². The normalized spacial score (nSPS) is 20.3. The van der Waals surface area contributed by atoms with Gasteiger partial charge in [0.2, 0.25) is 0 Å². The Kier molecular flexibility index (Phi) is 7.02. The van der Waals surface area contributed by atoms with Gasteiger partial charge in [-0.25, -0.2) is 4.89 Å². The molecule has 0 aliphatic heterocycles. The largest absolute Gasteiger partial charge is 0.251 e. The topological polar surface area (TPSA) is 29.5 Å². The summed E-state index contributed by atoms with van der Waals surface area (Å²) in [6, 6.07) is 2.18. The summed E-state index contributed by atoms with van der Waals surface area (Å²) in [5.74, 6) is 0. The van der Waals surface area contributed by atoms with Gasteiger partial charge in [0, 0.05) is 37.2 Å². The molecule has 0 radical (unpaired) electrons. The van der Waals surface area contributed by atoms with Gasteiger partial charge in [0.1, 0.15) is 6.61 Å². The third-order valence-electron chi connectivity index (χ3n) is 6.74. The minimum absolute atomic E-state index is 0.0738. The average Bonchev–Trinajstić information content (AvgIpc) is 2.44. The van der Waals surface area contributed by atoms with Crippen LogP contribution in [0.25, 0.3) is 0 Å². The van der Waals surface area contributed by atoms with E-state index in [2.05, 4.69) is 104 Å². The van der Waals surface area contributed by atoms with E-state index in [1.165, 1.54) is 22.3 Å². The molecule has 0 fully saturated rings. The highest BCUT2D eigenvalue weighted by Crippen LogP contribution is 2.59. The van der Waals surface area contributed by atoms with E-state index >= 15 is 0 Å². The van der Waals surface area contributed by atoms with Gasteiger partial charge in [-0.2, -0.15) is 0 Å². The van der Waals surface area contributed by atoms with Crippen LogP contribution in [-0.2, 0) is 23.3 Å². The summed E-state index contributed by atoms with van der Waals surface area (Å²) in [6.07, 6.45) is 1.10. The Morgan fingerprint density at radius 1 is 1.09 bits per heavy atom. The van der Waals surface area contributed by atoms with Crippen LogP contribution in [0.15, 0.2) is 6.07 Å². The van der Waals surface area contributed by atoms with E-state index in [9.17, 15) is 0 Å². The fourth-order valence-corrected chi connectivity index (χ4v) is 4.16. The van der Waals surface area contributed by atoms with Gasteiger partial charge in [-0.3, -0.25) is 5.26 Å². The number of hydrogen-bond donors (Lipinski definition) is 1. The minimum Gasteiger partial charge on any atom is -0.251 e. The Balaban J connectivity index is 0.00000127. The van der Waals surface area contributed by atoms with E-state index in [1.807, 2.05) is 0 Å². The first-order valence-electron chi connectivity index (χ1n) is 8.00. The molecule has 1 N–H and O–H groups in total. The van der Waals surface area contributed by atoms with Crippen LogP contribution in [0.2, 0.25) is 0 Å². The SMILES string of the molecule is Cc1cc(COO)c(C)c2c1CC(C)(C)C(C)(C)C2(C)C.II. The molecule has 0 atom stereocenters. The molecule has 0 heterocycles. The molecular weight excluding hydrogens is 514 g/mol. The number of aryl methyl sites for hydroxylation is 1. The van der Waals surface area contributed by atoms with Crippen LogP contribution < -0.4 is 0 Å². The number of halogens is 2. The smallest absolute Gasteiger partial charge is 0.107 e. The summed E-state index contributed by atoms with van der Waals surface area (Å²) < 4.78 is 0. The summed E-state index contributed by atoms with van der Waals surface area (Å²) in [6.45, 7) is 18.9. The second-order valence-electron chi connectivity index (χ2n) is 8.42. The highest BCUT2D eigenvalue weighted by Gasteiger charge is 2.53. The summed E-state index contributed by atoms with van der Waals surface area (Å²) in [7, 11) is 0. The highest BCUT2D eigenvalue weighted by molar-refractivity contribution is 15.0. The van der Waals surface area contributed by atoms with E-state index in [-0.39, 0.29) is 22.9 Å². The Morgan fingerprint density at radius 3 is 2.09 bits per heavy atom. The van der Waals surface area contributed by atoms with Crippen molar-refractivity contribution in [3.63, 3.8) is 0 Å². The fourth-order valence-electron chi connectivity index (χ4n) is 4.16. The molecule has 0 amide bonds. The zero-order valence-corrected chi connectivity index (χ0v) is 19.9. The second-order valence-corrected chi connectivity index (χ2v) is 8.42. The molecule has 23 heavy (non-hydrogen) atoms. The first-order valence-corrected chi connectivity index (χ1v) is 14.3. The van der Waals surface area contributed by atoms with Crippen molar-refractivity contribution in [2.45, 2.75) is 73.8 Å². The van der Waals surface area contributed by atoms with Gasteiger partial charge in [0.15, 0.2) is 0 Å². The lowest BCUT2D eigenvalue weighted by Gasteiger charge is -2.58. The maximum Gasteiger partial charge on any atom is 0.107 e. The monoisotopic (exact) mass is 544 g/mol. The molecule has 1 aliphatic carbocycles. The number of hydrogen-bond acceptors (Lipinski definition) is 2. The van der Waals surface area contributed by atoms with Crippen LogP contribution in [0.4, 0.5) is 0 Å². The molecule has 0 saturated heterocycles. The van der Waals surface area contributed by atoms with Gasteiger partial charge in [0.05, 0.1) is 0 Å². The van der Waals surface area contributed by atoms with Crippen LogP contribution in [0.3, 0.4) is 0 Å². The maximum absolute atomic E-state index is 8.85. The predicted octanol–water partition coefficient (Wildman–Crippen LogP) is 6.95. The molecule has 0 aromatic heterocycles. The summed E-state index contributed by atoms with van der Waals surface area (Å²) in [5, 5.41) is 8.85. The molecule has 0 bridgehead atoms. The van der Waals surface area contributed by atoms with Crippen LogP contribution in [0.5, 0.6) is 0 Å². The minimum atomic E-state index is 0.0738. The molecule has 0 spiro atoms. The second kappa shape index (κ2) is 7.46. The quantitative estimate of drug-likeness (QED) is 0.248. The fraction of sp³-hybridized carbons (Fsp3) is 0.684. The first-order chi connectivity index (χ1) is 10.5. The van der Waals surface area contributed by atoms with E-state index < -0.39 is 0 Å².